The molecule has 0 unspecified atom stereocenters. The van der Waals surface area contributed by atoms with Gasteiger partial charge in [-0.3, -0.25) is 0 Å². The number of nitrogens with zero attached hydrogens (tertiary/aromatic N) is 4. The summed E-state index contributed by atoms with van der Waals surface area (Å²) in [5.74, 6) is 1.56. The second-order valence-electron chi connectivity index (χ2n) is 19.3. The van der Waals surface area contributed by atoms with Crippen LogP contribution in [0.5, 0.6) is 34.5 Å². The third-order valence-corrected chi connectivity index (χ3v) is 13.0. The number of unbranched alkanes of at least 4 members (excludes halogenated alkanes) is 18. The van der Waals surface area contributed by atoms with E-state index < -0.39 is 11.8 Å². The van der Waals surface area contributed by atoms with Crippen LogP contribution in [0, 0.1) is 45.3 Å². The van der Waals surface area contributed by atoms with Gasteiger partial charge in [-0.25, -0.2) is 0 Å². The molecule has 3 rings (SSSR count). The van der Waals surface area contributed by atoms with Crippen molar-refractivity contribution < 1.29 is 28.4 Å². The molecule has 74 heavy (non-hydrogen) atoms. The van der Waals surface area contributed by atoms with Gasteiger partial charge in [0, 0.05) is 33.4 Å². The Bertz CT molecular complexity index is 2090. The Labute approximate surface area is 447 Å². The fourth-order valence-electron chi connectivity index (χ4n) is 8.46. The Balaban J connectivity index is 2.30. The molecule has 0 saturated heterocycles. The Hall–Kier alpha value is -6.10. The zero-order chi connectivity index (χ0) is 53.4. The smallest absolute Gasteiger partial charge is 0.161 e. The molecule has 0 aliphatic heterocycles. The minimum absolute atomic E-state index is 0.477. The third-order valence-electron chi connectivity index (χ3n) is 13.0. The van der Waals surface area contributed by atoms with E-state index in [1.807, 2.05) is 60.7 Å². The summed E-state index contributed by atoms with van der Waals surface area (Å²) in [5, 5.41) is 40.3. The maximum absolute atomic E-state index is 10.1. The molecule has 10 heteroatoms. The molecule has 0 aromatic heterocycles. The fraction of sp³-hybridized carbons (Fsp3) is 0.594. The summed E-state index contributed by atoms with van der Waals surface area (Å²) >= 11 is 0. The molecule has 0 saturated carbocycles. The predicted molar refractivity (Wildman–Crippen MR) is 303 cm³/mol. The summed E-state index contributed by atoms with van der Waals surface area (Å²) in [6, 6.07) is 20.2. The van der Waals surface area contributed by atoms with Gasteiger partial charge >= 0.3 is 0 Å². The van der Waals surface area contributed by atoms with Gasteiger partial charge in [0.25, 0.3) is 0 Å². The molecule has 0 aliphatic rings. The van der Waals surface area contributed by atoms with Crippen LogP contribution in [0.15, 0.2) is 36.4 Å². The van der Waals surface area contributed by atoms with E-state index in [9.17, 15) is 21.0 Å². The lowest BCUT2D eigenvalue weighted by atomic mass is 9.97. The number of rotatable bonds is 42. The number of nitriles is 4. The average molecular weight is 1010 g/mol. The van der Waals surface area contributed by atoms with Crippen molar-refractivity contribution in [2.24, 2.45) is 0 Å². The molecule has 0 N–H and O–H groups in total. The van der Waals surface area contributed by atoms with Crippen LogP contribution < -0.4 is 28.4 Å². The van der Waals surface area contributed by atoms with Crippen LogP contribution in [0.25, 0.3) is 24.3 Å². The van der Waals surface area contributed by atoms with Crippen molar-refractivity contribution in [1.29, 1.82) is 21.0 Å². The molecule has 3 aromatic carbocycles. The number of hydrogen-bond acceptors (Lipinski definition) is 10. The molecule has 402 valence electrons. The molecule has 0 spiro atoms. The summed E-state index contributed by atoms with van der Waals surface area (Å²) in [6.07, 6.45) is 33.1. The lowest BCUT2D eigenvalue weighted by Gasteiger charge is -2.18. The van der Waals surface area contributed by atoms with Crippen molar-refractivity contribution >= 4 is 24.3 Å². The number of hydrogen-bond donors (Lipinski definition) is 0. The molecular formula is C64H90N4O6. The predicted octanol–water partition coefficient (Wildman–Crippen LogP) is 18.0. The van der Waals surface area contributed by atoms with Crippen molar-refractivity contribution in [2.75, 3.05) is 39.6 Å². The van der Waals surface area contributed by atoms with Gasteiger partial charge in [0.05, 0.1) is 63.9 Å². The first-order chi connectivity index (χ1) is 36.4. The van der Waals surface area contributed by atoms with E-state index in [4.69, 9.17) is 28.4 Å². The van der Waals surface area contributed by atoms with Crippen LogP contribution in [0.2, 0.25) is 0 Å². The van der Waals surface area contributed by atoms with E-state index in [-0.39, 0.29) is 0 Å². The molecule has 3 aromatic rings. The van der Waals surface area contributed by atoms with Crippen molar-refractivity contribution in [2.45, 2.75) is 207 Å². The minimum atomic E-state index is -1.01. The van der Waals surface area contributed by atoms with E-state index in [1.165, 1.54) is 0 Å². The molecule has 0 amide bonds. The van der Waals surface area contributed by atoms with Crippen LogP contribution in [0.4, 0.5) is 0 Å². The second kappa shape index (κ2) is 39.4. The summed E-state index contributed by atoms with van der Waals surface area (Å²) in [4.78, 5) is 0. The highest BCUT2D eigenvalue weighted by atomic mass is 16.5. The SMILES string of the molecule is CCCCCCOc1cc(/C=C/c2cc(OCCCCCC)c(C(C#N)C#N)cc2OCCCCCC)c(OCCCCCC)cc1/C=C/c1cc(OCCCCCC)c(C(C#N)C#N)cc1OCCCCCC. The molecule has 0 radical (unpaired) electrons. The molecular weight excluding hydrogens is 921 g/mol. The van der Waals surface area contributed by atoms with Gasteiger partial charge in [0.1, 0.15) is 34.5 Å². The quantitative estimate of drug-likeness (QED) is 0.0396. The summed E-state index contributed by atoms with van der Waals surface area (Å²) < 4.78 is 39.1. The van der Waals surface area contributed by atoms with E-state index in [0.717, 1.165) is 176 Å². The Kier molecular flexibility index (Phi) is 33.1. The average Bonchev–Trinajstić information content (AvgIpc) is 3.41. The standard InChI is InChI=1S/C64H90N4O6/c1-7-13-19-25-35-69-59-41-52(32-34-54-44-64(74-40-30-24-18-12-6)58(56(49-67)50-68)46-62(54)72-38-28-22-16-10-4)60(70-36-26-20-14-8-2)42-51(59)31-33-53-43-63(73-39-29-23-17-11-5)57(55(47-65)48-66)45-61(53)71-37-27-21-15-9-3/h31-34,41-46,55-56H,7-30,35-40H2,1-6H3/b33-31+,34-32+. The van der Waals surface area contributed by atoms with Gasteiger partial charge in [-0.2, -0.15) is 21.0 Å². The number of benzene rings is 3. The Morgan fingerprint density at radius 1 is 0.297 bits per heavy atom. The monoisotopic (exact) mass is 1010 g/mol. The summed E-state index contributed by atoms with van der Waals surface area (Å²) in [5.41, 5.74) is 4.21. The molecule has 10 nitrogen and oxygen atoms in total. The molecule has 0 aliphatic carbocycles. The zero-order valence-corrected chi connectivity index (χ0v) is 46.4. The Morgan fingerprint density at radius 3 is 0.716 bits per heavy atom. The summed E-state index contributed by atoms with van der Waals surface area (Å²) in [7, 11) is 0. The second-order valence-corrected chi connectivity index (χ2v) is 19.3. The van der Waals surface area contributed by atoms with Crippen LogP contribution in [0.3, 0.4) is 0 Å². The highest BCUT2D eigenvalue weighted by Gasteiger charge is 2.22. The first-order valence-corrected chi connectivity index (χ1v) is 28.6. The van der Waals surface area contributed by atoms with E-state index in [2.05, 4.69) is 65.8 Å². The topological polar surface area (TPSA) is 151 Å². The van der Waals surface area contributed by atoms with Crippen LogP contribution in [0.1, 0.15) is 241 Å². The maximum atomic E-state index is 10.1. The first kappa shape index (κ1) is 62.2. The minimum Gasteiger partial charge on any atom is -0.493 e. The molecule has 0 heterocycles. The highest BCUT2D eigenvalue weighted by molar-refractivity contribution is 5.81. The zero-order valence-electron chi connectivity index (χ0n) is 46.4. The van der Waals surface area contributed by atoms with Crippen molar-refractivity contribution in [3.63, 3.8) is 0 Å². The summed E-state index contributed by atoms with van der Waals surface area (Å²) in [6.45, 7) is 16.2. The lowest BCUT2D eigenvalue weighted by Crippen LogP contribution is -2.06. The lowest BCUT2D eigenvalue weighted by molar-refractivity contribution is 0.294. The van der Waals surface area contributed by atoms with E-state index in [1.54, 1.807) is 0 Å². The van der Waals surface area contributed by atoms with Crippen molar-refractivity contribution in [3.05, 3.63) is 69.8 Å². The third kappa shape index (κ3) is 23.0. The van der Waals surface area contributed by atoms with Gasteiger partial charge in [-0.1, -0.05) is 181 Å². The van der Waals surface area contributed by atoms with Crippen LogP contribution >= 0.6 is 0 Å². The maximum Gasteiger partial charge on any atom is 0.161 e. The normalized spacial score (nSPS) is 11.2. The van der Waals surface area contributed by atoms with Crippen LogP contribution in [-0.4, -0.2) is 39.6 Å². The van der Waals surface area contributed by atoms with Gasteiger partial charge in [-0.15, -0.1) is 0 Å². The largest absolute Gasteiger partial charge is 0.493 e. The molecule has 0 fully saturated rings. The van der Waals surface area contributed by atoms with Gasteiger partial charge in [-0.05, 0) is 74.9 Å². The van der Waals surface area contributed by atoms with Gasteiger partial charge in [0.15, 0.2) is 11.8 Å². The van der Waals surface area contributed by atoms with Crippen molar-refractivity contribution in [1.82, 2.24) is 0 Å². The van der Waals surface area contributed by atoms with Crippen molar-refractivity contribution in [3.8, 4) is 58.8 Å². The first-order valence-electron chi connectivity index (χ1n) is 28.6. The fourth-order valence-corrected chi connectivity index (χ4v) is 8.46. The molecule has 0 atom stereocenters. The van der Waals surface area contributed by atoms with E-state index >= 15 is 0 Å². The van der Waals surface area contributed by atoms with Gasteiger partial charge < -0.3 is 28.4 Å². The number of ether oxygens (including phenoxy) is 6. The molecule has 0 bridgehead atoms. The van der Waals surface area contributed by atoms with Crippen LogP contribution in [-0.2, 0) is 0 Å². The van der Waals surface area contributed by atoms with E-state index in [0.29, 0.717) is 85.3 Å². The van der Waals surface area contributed by atoms with Gasteiger partial charge in [0.2, 0.25) is 0 Å². The highest BCUT2D eigenvalue weighted by Crippen LogP contribution is 2.39. The Morgan fingerprint density at radius 2 is 0.500 bits per heavy atom.